The summed E-state index contributed by atoms with van der Waals surface area (Å²) in [6.07, 6.45) is 1.11. The molecule has 1 atom stereocenters. The molecule has 4 nitrogen and oxygen atoms in total. The van der Waals surface area contributed by atoms with Gasteiger partial charge < -0.3 is 5.11 Å². The molecule has 1 aromatic carbocycles. The number of ketones is 1. The molecule has 88 valence electrons. The third kappa shape index (κ3) is 2.18. The normalized spacial score (nSPS) is 19.5. The van der Waals surface area contributed by atoms with Crippen LogP contribution in [-0.2, 0) is 4.79 Å². The van der Waals surface area contributed by atoms with Gasteiger partial charge in [0.05, 0.1) is 6.04 Å². The fourth-order valence-corrected chi connectivity index (χ4v) is 1.83. The Bertz CT molecular complexity index is 498. The average Bonchev–Trinajstić information content (AvgIpc) is 2.29. The molecule has 1 aromatic rings. The number of amides is 1. The number of carbonyl (C=O) groups excluding carboxylic acids is 1. The Labute approximate surface area is 97.0 Å². The standard InChI is InChI=1S/C12H10FNO3/c13-10-4-2-1-3-9(10)11-7-8(15)5-6-14(11)12(16)17/h1-6,11H,7H2,(H,16,17). The van der Waals surface area contributed by atoms with Crippen molar-refractivity contribution in [1.82, 2.24) is 4.90 Å². The maximum atomic E-state index is 13.6. The fraction of sp³-hybridized carbons (Fsp3) is 0.167. The predicted molar refractivity (Wildman–Crippen MR) is 57.8 cm³/mol. The number of hydrogen-bond acceptors (Lipinski definition) is 2. The van der Waals surface area contributed by atoms with Crippen LogP contribution in [0.25, 0.3) is 0 Å². The smallest absolute Gasteiger partial charge is 0.411 e. The molecule has 1 heterocycles. The molecule has 0 radical (unpaired) electrons. The highest BCUT2D eigenvalue weighted by Crippen LogP contribution is 2.29. The lowest BCUT2D eigenvalue weighted by molar-refractivity contribution is -0.116. The van der Waals surface area contributed by atoms with E-state index in [9.17, 15) is 14.0 Å². The highest BCUT2D eigenvalue weighted by atomic mass is 19.1. The van der Waals surface area contributed by atoms with Gasteiger partial charge in [-0.05, 0) is 12.1 Å². The van der Waals surface area contributed by atoms with E-state index in [0.717, 1.165) is 4.90 Å². The number of hydrogen-bond donors (Lipinski definition) is 1. The van der Waals surface area contributed by atoms with Crippen LogP contribution in [0.2, 0.25) is 0 Å². The van der Waals surface area contributed by atoms with Crippen molar-refractivity contribution in [3.8, 4) is 0 Å². The van der Waals surface area contributed by atoms with E-state index in [0.29, 0.717) is 0 Å². The van der Waals surface area contributed by atoms with Gasteiger partial charge in [0.1, 0.15) is 5.82 Å². The Morgan fingerprint density at radius 1 is 1.41 bits per heavy atom. The minimum absolute atomic E-state index is 0.0380. The molecule has 0 spiro atoms. The molecule has 0 bridgehead atoms. The molecule has 1 aliphatic heterocycles. The highest BCUT2D eigenvalue weighted by Gasteiger charge is 2.29. The SMILES string of the molecule is O=C1C=CN(C(=O)O)C(c2ccccc2F)C1. The average molecular weight is 235 g/mol. The first kappa shape index (κ1) is 11.3. The Morgan fingerprint density at radius 2 is 2.12 bits per heavy atom. The van der Waals surface area contributed by atoms with E-state index in [4.69, 9.17) is 5.11 Å². The Kier molecular flexibility index (Phi) is 2.91. The van der Waals surface area contributed by atoms with Crippen molar-refractivity contribution in [2.24, 2.45) is 0 Å². The highest BCUT2D eigenvalue weighted by molar-refractivity contribution is 5.92. The van der Waals surface area contributed by atoms with E-state index in [1.807, 2.05) is 0 Å². The first-order valence-electron chi connectivity index (χ1n) is 5.06. The molecule has 2 rings (SSSR count). The summed E-state index contributed by atoms with van der Waals surface area (Å²) in [5.41, 5.74) is 0.215. The fourth-order valence-electron chi connectivity index (χ4n) is 1.83. The van der Waals surface area contributed by atoms with Crippen molar-refractivity contribution in [2.75, 3.05) is 0 Å². The Balaban J connectivity index is 2.42. The molecule has 17 heavy (non-hydrogen) atoms. The third-order valence-corrected chi connectivity index (χ3v) is 2.64. The second-order valence-corrected chi connectivity index (χ2v) is 3.71. The molecular weight excluding hydrogens is 225 g/mol. The monoisotopic (exact) mass is 235 g/mol. The van der Waals surface area contributed by atoms with Crippen LogP contribution in [0.3, 0.4) is 0 Å². The van der Waals surface area contributed by atoms with Gasteiger partial charge in [-0.15, -0.1) is 0 Å². The lowest BCUT2D eigenvalue weighted by atomic mass is 9.97. The summed E-state index contributed by atoms with van der Waals surface area (Å²) in [4.78, 5) is 23.2. The van der Waals surface area contributed by atoms with Crippen LogP contribution in [0.1, 0.15) is 18.0 Å². The second-order valence-electron chi connectivity index (χ2n) is 3.71. The summed E-state index contributed by atoms with van der Waals surface area (Å²) >= 11 is 0. The zero-order chi connectivity index (χ0) is 12.4. The summed E-state index contributed by atoms with van der Waals surface area (Å²) in [7, 11) is 0. The van der Waals surface area contributed by atoms with Gasteiger partial charge in [0, 0.05) is 18.2 Å². The van der Waals surface area contributed by atoms with Crippen molar-refractivity contribution >= 4 is 11.9 Å². The number of carbonyl (C=O) groups is 2. The Hall–Kier alpha value is -2.17. The largest absolute Gasteiger partial charge is 0.465 e. The summed E-state index contributed by atoms with van der Waals surface area (Å²) in [5, 5.41) is 8.99. The molecule has 1 unspecified atom stereocenters. The first-order valence-corrected chi connectivity index (χ1v) is 5.06. The molecular formula is C12H10FNO3. The van der Waals surface area contributed by atoms with Gasteiger partial charge in [-0.2, -0.15) is 0 Å². The first-order chi connectivity index (χ1) is 8.09. The summed E-state index contributed by atoms with van der Waals surface area (Å²) in [6.45, 7) is 0. The van der Waals surface area contributed by atoms with Gasteiger partial charge in [-0.25, -0.2) is 9.18 Å². The van der Waals surface area contributed by atoms with E-state index in [1.165, 1.54) is 30.5 Å². The molecule has 0 aliphatic carbocycles. The zero-order valence-electron chi connectivity index (χ0n) is 8.84. The topological polar surface area (TPSA) is 57.6 Å². The van der Waals surface area contributed by atoms with E-state index < -0.39 is 18.0 Å². The van der Waals surface area contributed by atoms with Crippen LogP contribution in [0.15, 0.2) is 36.5 Å². The molecule has 0 aromatic heterocycles. The summed E-state index contributed by atoms with van der Waals surface area (Å²) in [6, 6.07) is 5.08. The van der Waals surface area contributed by atoms with Gasteiger partial charge >= 0.3 is 6.09 Å². The van der Waals surface area contributed by atoms with E-state index in [1.54, 1.807) is 6.07 Å². The van der Waals surface area contributed by atoms with Gasteiger partial charge in [-0.3, -0.25) is 9.69 Å². The van der Waals surface area contributed by atoms with Gasteiger partial charge in [-0.1, -0.05) is 18.2 Å². The second kappa shape index (κ2) is 4.37. The van der Waals surface area contributed by atoms with Crippen LogP contribution in [-0.4, -0.2) is 21.9 Å². The number of rotatable bonds is 1. The predicted octanol–water partition coefficient (Wildman–Crippen LogP) is 2.33. The minimum atomic E-state index is -1.21. The molecule has 1 aliphatic rings. The molecule has 0 saturated carbocycles. The van der Waals surface area contributed by atoms with Crippen LogP contribution >= 0.6 is 0 Å². The van der Waals surface area contributed by atoms with Gasteiger partial charge in [0.2, 0.25) is 0 Å². The minimum Gasteiger partial charge on any atom is -0.465 e. The molecule has 1 N–H and O–H groups in total. The van der Waals surface area contributed by atoms with E-state index >= 15 is 0 Å². The van der Waals surface area contributed by atoms with Crippen molar-refractivity contribution in [3.63, 3.8) is 0 Å². The Morgan fingerprint density at radius 3 is 2.76 bits per heavy atom. The number of benzene rings is 1. The number of allylic oxidation sites excluding steroid dienone is 1. The summed E-state index contributed by atoms with van der Waals surface area (Å²) in [5.74, 6) is -0.720. The number of halogens is 1. The van der Waals surface area contributed by atoms with Gasteiger partial charge in [0.15, 0.2) is 5.78 Å². The number of carboxylic acid groups (broad SMARTS) is 1. The molecule has 0 saturated heterocycles. The van der Waals surface area contributed by atoms with Crippen molar-refractivity contribution in [2.45, 2.75) is 12.5 Å². The van der Waals surface area contributed by atoms with Crippen LogP contribution in [0, 0.1) is 5.82 Å². The molecule has 1 amide bonds. The molecule has 0 fully saturated rings. The van der Waals surface area contributed by atoms with Gasteiger partial charge in [0.25, 0.3) is 0 Å². The van der Waals surface area contributed by atoms with Crippen molar-refractivity contribution < 1.29 is 19.1 Å². The van der Waals surface area contributed by atoms with E-state index in [-0.39, 0.29) is 17.8 Å². The quantitative estimate of drug-likeness (QED) is 0.812. The lowest BCUT2D eigenvalue weighted by Gasteiger charge is -2.28. The third-order valence-electron chi connectivity index (χ3n) is 2.64. The van der Waals surface area contributed by atoms with Crippen molar-refractivity contribution in [3.05, 3.63) is 47.9 Å². The maximum Gasteiger partial charge on any atom is 0.411 e. The maximum absolute atomic E-state index is 13.6. The lowest BCUT2D eigenvalue weighted by Crippen LogP contribution is -2.33. The van der Waals surface area contributed by atoms with Crippen LogP contribution < -0.4 is 0 Å². The molecule has 5 heteroatoms. The summed E-state index contributed by atoms with van der Waals surface area (Å²) < 4.78 is 13.6. The van der Waals surface area contributed by atoms with E-state index in [2.05, 4.69) is 0 Å². The van der Waals surface area contributed by atoms with Crippen LogP contribution in [0.5, 0.6) is 0 Å². The van der Waals surface area contributed by atoms with Crippen molar-refractivity contribution in [1.29, 1.82) is 0 Å². The van der Waals surface area contributed by atoms with Crippen LogP contribution in [0.4, 0.5) is 9.18 Å². The number of nitrogens with zero attached hydrogens (tertiary/aromatic N) is 1. The zero-order valence-corrected chi connectivity index (χ0v) is 8.84.